The van der Waals surface area contributed by atoms with Crippen LogP contribution < -0.4 is 10.6 Å². The van der Waals surface area contributed by atoms with E-state index >= 15 is 0 Å². The Bertz CT molecular complexity index is 195. The number of hydrogen-bond acceptors (Lipinski definition) is 2. The average molecular weight is 196 g/mol. The van der Waals surface area contributed by atoms with Crippen LogP contribution in [0.3, 0.4) is 0 Å². The largest absolute Gasteiger partial charge is 0.355 e. The normalized spacial score (nSPS) is 27.3. The summed E-state index contributed by atoms with van der Waals surface area (Å²) in [4.78, 5) is 11.6. The van der Waals surface area contributed by atoms with Gasteiger partial charge in [0.05, 0.1) is 6.04 Å². The zero-order chi connectivity index (χ0) is 9.80. The molecule has 2 rings (SSSR count). The van der Waals surface area contributed by atoms with E-state index in [1.54, 1.807) is 0 Å². The molecule has 14 heavy (non-hydrogen) atoms. The fourth-order valence-electron chi connectivity index (χ4n) is 2.21. The highest BCUT2D eigenvalue weighted by atomic mass is 16.2. The highest BCUT2D eigenvalue weighted by Crippen LogP contribution is 2.28. The van der Waals surface area contributed by atoms with Crippen molar-refractivity contribution in [2.75, 3.05) is 13.1 Å². The molecule has 1 saturated carbocycles. The summed E-state index contributed by atoms with van der Waals surface area (Å²) in [5, 5.41) is 6.23. The highest BCUT2D eigenvalue weighted by Gasteiger charge is 2.22. The molecule has 0 radical (unpaired) electrons. The Balaban J connectivity index is 1.57. The predicted molar refractivity (Wildman–Crippen MR) is 56.0 cm³/mol. The molecule has 1 saturated heterocycles. The van der Waals surface area contributed by atoms with Gasteiger partial charge in [0.25, 0.3) is 0 Å². The summed E-state index contributed by atoms with van der Waals surface area (Å²) in [5.74, 6) is 1.11. The summed E-state index contributed by atoms with van der Waals surface area (Å²) in [5.41, 5.74) is 0. The third-order valence-corrected chi connectivity index (χ3v) is 3.45. The van der Waals surface area contributed by atoms with Gasteiger partial charge in [0.2, 0.25) is 5.91 Å². The summed E-state index contributed by atoms with van der Waals surface area (Å²) in [7, 11) is 0. The van der Waals surface area contributed by atoms with Crippen molar-refractivity contribution in [1.29, 1.82) is 0 Å². The SMILES string of the molecule is O=C(NCCC1CCC1)[C@H]1CCCN1. The Hall–Kier alpha value is -0.570. The van der Waals surface area contributed by atoms with Crippen LogP contribution in [0.1, 0.15) is 38.5 Å². The Kier molecular flexibility index (Phi) is 3.40. The maximum absolute atomic E-state index is 11.6. The van der Waals surface area contributed by atoms with Gasteiger partial charge in [0, 0.05) is 6.54 Å². The Morgan fingerprint density at radius 3 is 2.71 bits per heavy atom. The van der Waals surface area contributed by atoms with E-state index in [1.165, 1.54) is 25.7 Å². The summed E-state index contributed by atoms with van der Waals surface area (Å²) >= 11 is 0. The molecular formula is C11H20N2O. The predicted octanol–water partition coefficient (Wildman–Crippen LogP) is 1.04. The third-order valence-electron chi connectivity index (χ3n) is 3.45. The maximum Gasteiger partial charge on any atom is 0.237 e. The first-order valence-corrected chi connectivity index (χ1v) is 5.87. The minimum atomic E-state index is 0.0939. The van der Waals surface area contributed by atoms with E-state index in [9.17, 15) is 4.79 Å². The molecule has 0 unspecified atom stereocenters. The van der Waals surface area contributed by atoms with Crippen molar-refractivity contribution in [2.45, 2.75) is 44.6 Å². The van der Waals surface area contributed by atoms with Crippen molar-refractivity contribution in [3.8, 4) is 0 Å². The van der Waals surface area contributed by atoms with Gasteiger partial charge in [-0.15, -0.1) is 0 Å². The lowest BCUT2D eigenvalue weighted by Gasteiger charge is -2.25. The third kappa shape index (κ3) is 2.47. The summed E-state index contributed by atoms with van der Waals surface area (Å²) in [6, 6.07) is 0.0939. The smallest absolute Gasteiger partial charge is 0.237 e. The lowest BCUT2D eigenvalue weighted by molar-refractivity contribution is -0.122. The van der Waals surface area contributed by atoms with E-state index in [4.69, 9.17) is 0 Å². The molecule has 0 aromatic rings. The second kappa shape index (κ2) is 4.78. The molecule has 1 aliphatic heterocycles. The van der Waals surface area contributed by atoms with Gasteiger partial charge in [-0.25, -0.2) is 0 Å². The van der Waals surface area contributed by atoms with E-state index in [-0.39, 0.29) is 11.9 Å². The summed E-state index contributed by atoms with van der Waals surface area (Å²) in [6.45, 7) is 1.88. The monoisotopic (exact) mass is 196 g/mol. The summed E-state index contributed by atoms with van der Waals surface area (Å²) < 4.78 is 0. The molecule has 1 heterocycles. The van der Waals surface area contributed by atoms with Crippen molar-refractivity contribution in [2.24, 2.45) is 5.92 Å². The van der Waals surface area contributed by atoms with Crippen LogP contribution in [0, 0.1) is 5.92 Å². The van der Waals surface area contributed by atoms with Gasteiger partial charge >= 0.3 is 0 Å². The zero-order valence-corrected chi connectivity index (χ0v) is 8.72. The minimum Gasteiger partial charge on any atom is -0.355 e. The van der Waals surface area contributed by atoms with Crippen LogP contribution in [0.15, 0.2) is 0 Å². The molecule has 1 amide bonds. The van der Waals surface area contributed by atoms with Crippen molar-refractivity contribution < 1.29 is 4.79 Å². The quantitative estimate of drug-likeness (QED) is 0.705. The van der Waals surface area contributed by atoms with Crippen LogP contribution in [-0.2, 0) is 4.79 Å². The van der Waals surface area contributed by atoms with Crippen molar-refractivity contribution >= 4 is 5.91 Å². The number of hydrogen-bond donors (Lipinski definition) is 2. The van der Waals surface area contributed by atoms with E-state index in [0.29, 0.717) is 0 Å². The molecule has 1 atom stereocenters. The highest BCUT2D eigenvalue weighted by molar-refractivity contribution is 5.81. The molecule has 3 heteroatoms. The molecule has 0 spiro atoms. The van der Waals surface area contributed by atoms with E-state index in [2.05, 4.69) is 10.6 Å². The van der Waals surface area contributed by atoms with Crippen LogP contribution in [0.5, 0.6) is 0 Å². The Morgan fingerprint density at radius 2 is 2.14 bits per heavy atom. The molecule has 0 aromatic heterocycles. The van der Waals surface area contributed by atoms with Gasteiger partial charge in [-0.05, 0) is 31.7 Å². The van der Waals surface area contributed by atoms with Gasteiger partial charge in [-0.1, -0.05) is 19.3 Å². The molecule has 3 nitrogen and oxygen atoms in total. The Morgan fingerprint density at radius 1 is 1.29 bits per heavy atom. The number of carbonyl (C=O) groups is 1. The number of amides is 1. The second-order valence-electron chi connectivity index (χ2n) is 4.53. The average Bonchev–Trinajstić information content (AvgIpc) is 2.61. The molecule has 1 aliphatic carbocycles. The standard InChI is InChI=1S/C11H20N2O/c14-11(10-5-2-7-12-10)13-8-6-9-3-1-4-9/h9-10,12H,1-8H2,(H,13,14)/t10-/m1/s1. The van der Waals surface area contributed by atoms with E-state index in [0.717, 1.165) is 31.8 Å². The van der Waals surface area contributed by atoms with Gasteiger partial charge in [-0.2, -0.15) is 0 Å². The van der Waals surface area contributed by atoms with Crippen LogP contribution in [0.25, 0.3) is 0 Å². The topological polar surface area (TPSA) is 41.1 Å². The molecular weight excluding hydrogens is 176 g/mol. The van der Waals surface area contributed by atoms with Gasteiger partial charge in [-0.3, -0.25) is 4.79 Å². The fourth-order valence-corrected chi connectivity index (χ4v) is 2.21. The van der Waals surface area contributed by atoms with Gasteiger partial charge < -0.3 is 10.6 Å². The van der Waals surface area contributed by atoms with E-state index < -0.39 is 0 Å². The second-order valence-corrected chi connectivity index (χ2v) is 4.53. The lowest BCUT2D eigenvalue weighted by atomic mass is 9.83. The van der Waals surface area contributed by atoms with Crippen LogP contribution in [-0.4, -0.2) is 25.0 Å². The van der Waals surface area contributed by atoms with Gasteiger partial charge in [0.15, 0.2) is 0 Å². The molecule has 2 aliphatic rings. The number of rotatable bonds is 4. The first kappa shape index (κ1) is 9.97. The maximum atomic E-state index is 11.6. The fraction of sp³-hybridized carbons (Fsp3) is 0.909. The molecule has 80 valence electrons. The molecule has 2 fully saturated rings. The lowest BCUT2D eigenvalue weighted by Crippen LogP contribution is -2.41. The first-order chi connectivity index (χ1) is 6.86. The minimum absolute atomic E-state index is 0.0939. The van der Waals surface area contributed by atoms with Crippen molar-refractivity contribution in [1.82, 2.24) is 10.6 Å². The van der Waals surface area contributed by atoms with Crippen LogP contribution in [0.2, 0.25) is 0 Å². The molecule has 0 bridgehead atoms. The van der Waals surface area contributed by atoms with Crippen LogP contribution >= 0.6 is 0 Å². The number of carbonyl (C=O) groups excluding carboxylic acids is 1. The Labute approximate surface area is 85.6 Å². The zero-order valence-electron chi connectivity index (χ0n) is 8.72. The number of nitrogens with one attached hydrogen (secondary N) is 2. The molecule has 0 aromatic carbocycles. The van der Waals surface area contributed by atoms with Crippen molar-refractivity contribution in [3.05, 3.63) is 0 Å². The van der Waals surface area contributed by atoms with E-state index in [1.807, 2.05) is 0 Å². The van der Waals surface area contributed by atoms with Gasteiger partial charge in [0.1, 0.15) is 0 Å². The first-order valence-electron chi connectivity index (χ1n) is 5.87. The van der Waals surface area contributed by atoms with Crippen LogP contribution in [0.4, 0.5) is 0 Å². The molecule has 2 N–H and O–H groups in total. The van der Waals surface area contributed by atoms with Crippen molar-refractivity contribution in [3.63, 3.8) is 0 Å². The summed E-state index contributed by atoms with van der Waals surface area (Å²) in [6.07, 6.45) is 7.46.